The van der Waals surface area contributed by atoms with E-state index in [9.17, 15) is 14.0 Å². The van der Waals surface area contributed by atoms with Gasteiger partial charge in [-0.1, -0.05) is 25.4 Å². The molecule has 1 aromatic rings. The SMILES string of the molecule is CCC1(CC)NC(=O)C(C)N(c2ccc(F)c(Cl)c2)C1=O. The van der Waals surface area contributed by atoms with E-state index in [2.05, 4.69) is 5.32 Å². The summed E-state index contributed by atoms with van der Waals surface area (Å²) in [6, 6.07) is 3.37. The van der Waals surface area contributed by atoms with E-state index >= 15 is 0 Å². The van der Waals surface area contributed by atoms with E-state index in [1.807, 2.05) is 13.8 Å². The number of halogens is 2. The van der Waals surface area contributed by atoms with Crippen LogP contribution in [0.3, 0.4) is 0 Å². The van der Waals surface area contributed by atoms with Crippen LogP contribution < -0.4 is 10.2 Å². The Morgan fingerprint density at radius 3 is 2.48 bits per heavy atom. The van der Waals surface area contributed by atoms with E-state index in [4.69, 9.17) is 11.6 Å². The maximum atomic E-state index is 13.3. The Labute approximate surface area is 128 Å². The number of rotatable bonds is 3. The van der Waals surface area contributed by atoms with Gasteiger partial charge in [-0.15, -0.1) is 0 Å². The summed E-state index contributed by atoms with van der Waals surface area (Å²) in [6.07, 6.45) is 0.985. The fourth-order valence-corrected chi connectivity index (χ4v) is 2.80. The fraction of sp³-hybridized carbons (Fsp3) is 0.467. The molecule has 1 unspecified atom stereocenters. The van der Waals surface area contributed by atoms with E-state index in [-0.39, 0.29) is 16.8 Å². The minimum Gasteiger partial charge on any atom is -0.340 e. The van der Waals surface area contributed by atoms with E-state index < -0.39 is 17.4 Å². The molecule has 21 heavy (non-hydrogen) atoms. The summed E-state index contributed by atoms with van der Waals surface area (Å²) >= 11 is 5.79. The van der Waals surface area contributed by atoms with E-state index in [1.54, 1.807) is 6.92 Å². The van der Waals surface area contributed by atoms with Gasteiger partial charge in [-0.25, -0.2) is 4.39 Å². The third-order valence-electron chi connectivity index (χ3n) is 4.15. The molecule has 1 fully saturated rings. The molecule has 1 heterocycles. The first-order valence-corrected chi connectivity index (χ1v) is 7.34. The highest BCUT2D eigenvalue weighted by atomic mass is 35.5. The second-order valence-electron chi connectivity index (χ2n) is 5.23. The number of benzene rings is 1. The van der Waals surface area contributed by atoms with Crippen LogP contribution >= 0.6 is 11.6 Å². The maximum absolute atomic E-state index is 13.3. The molecule has 1 aliphatic rings. The van der Waals surface area contributed by atoms with Gasteiger partial charge in [0.25, 0.3) is 5.91 Å². The van der Waals surface area contributed by atoms with Crippen molar-refractivity contribution in [1.29, 1.82) is 0 Å². The van der Waals surface area contributed by atoms with Crippen LogP contribution in [0.2, 0.25) is 5.02 Å². The third kappa shape index (κ3) is 2.50. The number of amides is 2. The van der Waals surface area contributed by atoms with Gasteiger partial charge in [0.1, 0.15) is 17.4 Å². The van der Waals surface area contributed by atoms with Crippen molar-refractivity contribution in [2.75, 3.05) is 4.90 Å². The van der Waals surface area contributed by atoms with Crippen LogP contribution in [0, 0.1) is 5.82 Å². The maximum Gasteiger partial charge on any atom is 0.253 e. The number of carbonyl (C=O) groups excluding carboxylic acids is 2. The average Bonchev–Trinajstić information content (AvgIpc) is 2.47. The molecule has 0 bridgehead atoms. The van der Waals surface area contributed by atoms with Gasteiger partial charge in [0.05, 0.1) is 5.02 Å². The van der Waals surface area contributed by atoms with Crippen molar-refractivity contribution >= 4 is 29.1 Å². The Morgan fingerprint density at radius 1 is 1.33 bits per heavy atom. The Bertz CT molecular complexity index is 587. The lowest BCUT2D eigenvalue weighted by atomic mass is 9.87. The largest absolute Gasteiger partial charge is 0.340 e. The molecular weight excluding hydrogens is 295 g/mol. The van der Waals surface area contributed by atoms with E-state index in [0.29, 0.717) is 18.5 Å². The average molecular weight is 313 g/mol. The van der Waals surface area contributed by atoms with Gasteiger partial charge in [0.15, 0.2) is 0 Å². The van der Waals surface area contributed by atoms with Crippen LogP contribution in [0.4, 0.5) is 10.1 Å². The highest BCUT2D eigenvalue weighted by Crippen LogP contribution is 2.31. The molecule has 0 aliphatic carbocycles. The monoisotopic (exact) mass is 312 g/mol. The fourth-order valence-electron chi connectivity index (χ4n) is 2.62. The summed E-state index contributed by atoms with van der Waals surface area (Å²) in [4.78, 5) is 26.4. The zero-order valence-electron chi connectivity index (χ0n) is 12.2. The second-order valence-corrected chi connectivity index (χ2v) is 5.64. The molecule has 1 atom stereocenters. The van der Waals surface area contributed by atoms with Crippen LogP contribution in [-0.2, 0) is 9.59 Å². The summed E-state index contributed by atoms with van der Waals surface area (Å²) in [7, 11) is 0. The molecule has 0 radical (unpaired) electrons. The summed E-state index contributed by atoms with van der Waals surface area (Å²) in [5.41, 5.74) is -0.482. The van der Waals surface area contributed by atoms with Gasteiger partial charge in [-0.3, -0.25) is 14.5 Å². The highest BCUT2D eigenvalue weighted by Gasteiger charge is 2.47. The summed E-state index contributed by atoms with van der Waals surface area (Å²) in [5.74, 6) is -0.972. The lowest BCUT2D eigenvalue weighted by molar-refractivity contribution is -0.138. The molecule has 2 rings (SSSR count). The Balaban J connectivity index is 2.50. The summed E-state index contributed by atoms with van der Waals surface area (Å²) < 4.78 is 13.3. The first-order valence-electron chi connectivity index (χ1n) is 6.97. The molecule has 0 saturated carbocycles. The van der Waals surface area contributed by atoms with Crippen LogP contribution in [0.1, 0.15) is 33.6 Å². The van der Waals surface area contributed by atoms with Crippen molar-refractivity contribution in [2.24, 2.45) is 0 Å². The normalized spacial score (nSPS) is 21.4. The molecule has 0 spiro atoms. The van der Waals surface area contributed by atoms with Crippen molar-refractivity contribution in [1.82, 2.24) is 5.32 Å². The van der Waals surface area contributed by atoms with Crippen LogP contribution in [0.25, 0.3) is 0 Å². The topological polar surface area (TPSA) is 49.4 Å². The van der Waals surface area contributed by atoms with Crippen LogP contribution in [-0.4, -0.2) is 23.4 Å². The number of nitrogens with one attached hydrogen (secondary N) is 1. The standard InChI is InChI=1S/C15H18ClFN2O2/c1-4-15(5-2)14(21)19(9(3)13(20)18-15)10-6-7-12(17)11(16)8-10/h6-9H,4-5H2,1-3H3,(H,18,20). The minimum atomic E-state index is -0.912. The van der Waals surface area contributed by atoms with Crippen molar-refractivity contribution in [2.45, 2.75) is 45.2 Å². The predicted molar refractivity (Wildman–Crippen MR) is 79.8 cm³/mol. The van der Waals surface area contributed by atoms with Gasteiger partial charge < -0.3 is 5.32 Å². The molecule has 4 nitrogen and oxygen atoms in total. The lowest BCUT2D eigenvalue weighted by Crippen LogP contribution is -2.69. The van der Waals surface area contributed by atoms with Gasteiger partial charge in [0.2, 0.25) is 5.91 Å². The first kappa shape index (κ1) is 15.8. The molecule has 1 saturated heterocycles. The number of piperazine rings is 1. The molecular formula is C15H18ClFN2O2. The second kappa shape index (κ2) is 5.64. The zero-order chi connectivity index (χ0) is 15.8. The quantitative estimate of drug-likeness (QED) is 0.933. The number of hydrogen-bond acceptors (Lipinski definition) is 2. The Hall–Kier alpha value is -1.62. The molecule has 114 valence electrons. The van der Waals surface area contributed by atoms with Crippen LogP contribution in [0.15, 0.2) is 18.2 Å². The lowest BCUT2D eigenvalue weighted by Gasteiger charge is -2.44. The molecule has 2 amide bonds. The molecule has 1 aromatic carbocycles. The van der Waals surface area contributed by atoms with Crippen molar-refractivity contribution in [3.05, 3.63) is 29.0 Å². The predicted octanol–water partition coefficient (Wildman–Crippen LogP) is 2.89. The summed E-state index contributed by atoms with van der Waals surface area (Å²) in [6.45, 7) is 5.35. The Kier molecular flexibility index (Phi) is 4.23. The number of hydrogen-bond donors (Lipinski definition) is 1. The van der Waals surface area contributed by atoms with Gasteiger partial charge >= 0.3 is 0 Å². The van der Waals surface area contributed by atoms with E-state index in [1.165, 1.54) is 23.1 Å². The summed E-state index contributed by atoms with van der Waals surface area (Å²) in [5, 5.41) is 2.75. The first-order chi connectivity index (χ1) is 9.86. The zero-order valence-corrected chi connectivity index (χ0v) is 13.0. The number of anilines is 1. The van der Waals surface area contributed by atoms with Crippen LogP contribution in [0.5, 0.6) is 0 Å². The Morgan fingerprint density at radius 2 is 1.95 bits per heavy atom. The highest BCUT2D eigenvalue weighted by molar-refractivity contribution is 6.31. The van der Waals surface area contributed by atoms with E-state index in [0.717, 1.165) is 0 Å². The number of nitrogens with zero attached hydrogens (tertiary/aromatic N) is 1. The van der Waals surface area contributed by atoms with Crippen molar-refractivity contribution in [3.63, 3.8) is 0 Å². The van der Waals surface area contributed by atoms with Gasteiger partial charge in [-0.2, -0.15) is 0 Å². The molecule has 6 heteroatoms. The smallest absolute Gasteiger partial charge is 0.253 e. The van der Waals surface area contributed by atoms with Gasteiger partial charge in [0, 0.05) is 5.69 Å². The third-order valence-corrected chi connectivity index (χ3v) is 4.44. The van der Waals surface area contributed by atoms with Crippen molar-refractivity contribution < 1.29 is 14.0 Å². The van der Waals surface area contributed by atoms with Gasteiger partial charge in [-0.05, 0) is 38.0 Å². The minimum absolute atomic E-state index is 0.0721. The molecule has 1 N–H and O–H groups in total. The molecule has 0 aromatic heterocycles. The number of carbonyl (C=O) groups is 2. The molecule has 1 aliphatic heterocycles. The van der Waals surface area contributed by atoms with Crippen molar-refractivity contribution in [3.8, 4) is 0 Å².